The van der Waals surface area contributed by atoms with Crippen LogP contribution in [-0.2, 0) is 6.42 Å². The first kappa shape index (κ1) is 14.9. The number of ether oxygens (including phenoxy) is 1. The van der Waals surface area contributed by atoms with Gasteiger partial charge in [0.1, 0.15) is 11.4 Å². The van der Waals surface area contributed by atoms with Gasteiger partial charge >= 0.3 is 0 Å². The smallest absolute Gasteiger partial charge is 0.193 e. The molecule has 0 saturated heterocycles. The van der Waals surface area contributed by atoms with Gasteiger partial charge in [-0.2, -0.15) is 0 Å². The van der Waals surface area contributed by atoms with Crippen LogP contribution in [-0.4, -0.2) is 11.4 Å². The van der Waals surface area contributed by atoms with Crippen LogP contribution in [0.15, 0.2) is 36.4 Å². The van der Waals surface area contributed by atoms with Gasteiger partial charge in [0.25, 0.3) is 0 Å². The average Bonchev–Trinajstić information content (AvgIpc) is 2.73. The maximum Gasteiger partial charge on any atom is 0.193 e. The van der Waals surface area contributed by atoms with Crippen LogP contribution in [0.3, 0.4) is 0 Å². The summed E-state index contributed by atoms with van der Waals surface area (Å²) in [7, 11) is 0. The summed E-state index contributed by atoms with van der Waals surface area (Å²) in [5.74, 6) is 0.859. The number of rotatable bonds is 2. The molecule has 1 aliphatic heterocycles. The van der Waals surface area contributed by atoms with Gasteiger partial charge in [-0.05, 0) is 78.4 Å². The molecular formula is C17H14ClIO2. The molecule has 108 valence electrons. The van der Waals surface area contributed by atoms with Crippen molar-refractivity contribution >= 4 is 40.0 Å². The van der Waals surface area contributed by atoms with Crippen molar-refractivity contribution in [1.29, 1.82) is 0 Å². The van der Waals surface area contributed by atoms with Crippen LogP contribution in [0.1, 0.15) is 35.3 Å². The van der Waals surface area contributed by atoms with Crippen LogP contribution in [0.4, 0.5) is 0 Å². The molecule has 3 rings (SSSR count). The zero-order valence-corrected chi connectivity index (χ0v) is 14.7. The highest BCUT2D eigenvalue weighted by Gasteiger charge is 2.30. The summed E-state index contributed by atoms with van der Waals surface area (Å²) in [6.07, 6.45) is 0.816. The third-order valence-corrected chi connectivity index (χ3v) is 5.08. The first-order chi connectivity index (χ1) is 9.85. The zero-order chi connectivity index (χ0) is 15.2. The fraction of sp³-hybridized carbons (Fsp3) is 0.235. The number of carbonyl (C=O) groups excluding carboxylic acids is 1. The molecule has 1 heterocycles. The van der Waals surface area contributed by atoms with Gasteiger partial charge in [-0.15, -0.1) is 0 Å². The van der Waals surface area contributed by atoms with Crippen LogP contribution >= 0.6 is 34.2 Å². The summed E-state index contributed by atoms with van der Waals surface area (Å²) in [6, 6.07) is 11.0. The lowest BCUT2D eigenvalue weighted by Crippen LogP contribution is -2.24. The van der Waals surface area contributed by atoms with E-state index in [0.717, 1.165) is 21.3 Å². The van der Waals surface area contributed by atoms with Crippen LogP contribution in [0, 0.1) is 3.57 Å². The van der Waals surface area contributed by atoms with Gasteiger partial charge in [-0.3, -0.25) is 4.79 Å². The predicted octanol–water partition coefficient (Wildman–Crippen LogP) is 4.89. The van der Waals surface area contributed by atoms with E-state index in [4.69, 9.17) is 16.3 Å². The van der Waals surface area contributed by atoms with E-state index in [1.807, 2.05) is 44.2 Å². The van der Waals surface area contributed by atoms with E-state index in [2.05, 4.69) is 22.6 Å². The Balaban J connectivity index is 1.95. The van der Waals surface area contributed by atoms with Crippen molar-refractivity contribution in [2.75, 3.05) is 0 Å². The van der Waals surface area contributed by atoms with Crippen molar-refractivity contribution in [1.82, 2.24) is 0 Å². The predicted molar refractivity (Wildman–Crippen MR) is 92.5 cm³/mol. The van der Waals surface area contributed by atoms with Crippen LogP contribution in [0.2, 0.25) is 5.02 Å². The molecule has 0 aliphatic carbocycles. The number of carbonyl (C=O) groups is 1. The summed E-state index contributed by atoms with van der Waals surface area (Å²) in [6.45, 7) is 4.10. The van der Waals surface area contributed by atoms with E-state index in [9.17, 15) is 4.79 Å². The average molecular weight is 413 g/mol. The highest BCUT2D eigenvalue weighted by molar-refractivity contribution is 14.1. The Morgan fingerprint density at radius 3 is 2.57 bits per heavy atom. The molecule has 0 saturated carbocycles. The summed E-state index contributed by atoms with van der Waals surface area (Å²) in [5.41, 5.74) is 2.17. The van der Waals surface area contributed by atoms with E-state index in [1.165, 1.54) is 0 Å². The molecule has 2 aromatic rings. The molecule has 0 N–H and O–H groups in total. The summed E-state index contributed by atoms with van der Waals surface area (Å²) >= 11 is 8.24. The topological polar surface area (TPSA) is 26.3 Å². The van der Waals surface area contributed by atoms with Crippen molar-refractivity contribution in [2.45, 2.75) is 25.9 Å². The van der Waals surface area contributed by atoms with Crippen molar-refractivity contribution < 1.29 is 9.53 Å². The molecule has 1 aliphatic rings. The SMILES string of the molecule is CC1(C)Cc2cc(C(=O)c3ccc(I)c(Cl)c3)ccc2O1. The van der Waals surface area contributed by atoms with Crippen LogP contribution in [0.5, 0.6) is 5.75 Å². The van der Waals surface area contributed by atoms with E-state index >= 15 is 0 Å². The first-order valence-corrected chi connectivity index (χ1v) is 8.13. The van der Waals surface area contributed by atoms with Gasteiger partial charge in [0.05, 0.1) is 5.02 Å². The number of benzene rings is 2. The van der Waals surface area contributed by atoms with E-state index in [-0.39, 0.29) is 11.4 Å². The zero-order valence-electron chi connectivity index (χ0n) is 11.7. The molecule has 2 nitrogen and oxygen atoms in total. The Morgan fingerprint density at radius 2 is 1.86 bits per heavy atom. The number of hydrogen-bond acceptors (Lipinski definition) is 2. The first-order valence-electron chi connectivity index (χ1n) is 6.67. The fourth-order valence-electron chi connectivity index (χ4n) is 2.55. The van der Waals surface area contributed by atoms with Gasteiger partial charge < -0.3 is 4.74 Å². The van der Waals surface area contributed by atoms with Gasteiger partial charge in [-0.1, -0.05) is 11.6 Å². The second kappa shape index (κ2) is 5.29. The summed E-state index contributed by atoms with van der Waals surface area (Å²) in [5, 5.41) is 0.604. The summed E-state index contributed by atoms with van der Waals surface area (Å²) in [4.78, 5) is 12.6. The largest absolute Gasteiger partial charge is 0.487 e. The van der Waals surface area contributed by atoms with Gasteiger partial charge in [-0.25, -0.2) is 0 Å². The molecule has 0 radical (unpaired) electrons. The Bertz CT molecular complexity index is 738. The fourth-order valence-corrected chi connectivity index (χ4v) is 3.07. The minimum Gasteiger partial charge on any atom is -0.487 e. The second-order valence-electron chi connectivity index (χ2n) is 5.82. The van der Waals surface area contributed by atoms with E-state index in [0.29, 0.717) is 16.1 Å². The molecule has 0 fully saturated rings. The standard InChI is InChI=1S/C17H14ClIO2/c1-17(2)9-12-7-10(4-6-15(12)21-17)16(20)11-3-5-14(19)13(18)8-11/h3-8H,9H2,1-2H3. The van der Waals surface area contributed by atoms with Crippen molar-refractivity contribution in [3.8, 4) is 5.75 Å². The quantitative estimate of drug-likeness (QED) is 0.519. The Morgan fingerprint density at radius 1 is 1.19 bits per heavy atom. The van der Waals surface area contributed by atoms with Gasteiger partial charge in [0.15, 0.2) is 5.78 Å². The molecule has 2 aromatic carbocycles. The van der Waals surface area contributed by atoms with Gasteiger partial charge in [0, 0.05) is 21.1 Å². The molecule has 0 amide bonds. The summed E-state index contributed by atoms with van der Waals surface area (Å²) < 4.78 is 6.78. The number of hydrogen-bond donors (Lipinski definition) is 0. The Labute approximate surface area is 142 Å². The number of fused-ring (bicyclic) bond motifs is 1. The third kappa shape index (κ3) is 2.94. The van der Waals surface area contributed by atoms with Crippen molar-refractivity contribution in [3.63, 3.8) is 0 Å². The second-order valence-corrected chi connectivity index (χ2v) is 7.39. The highest BCUT2D eigenvalue weighted by Crippen LogP contribution is 2.35. The lowest BCUT2D eigenvalue weighted by molar-refractivity contribution is 0.103. The minimum absolute atomic E-state index is 0.0131. The van der Waals surface area contributed by atoms with Gasteiger partial charge in [0.2, 0.25) is 0 Å². The molecule has 0 bridgehead atoms. The maximum absolute atomic E-state index is 12.6. The molecular weight excluding hydrogens is 399 g/mol. The molecule has 0 unspecified atom stereocenters. The van der Waals surface area contributed by atoms with E-state index in [1.54, 1.807) is 6.07 Å². The maximum atomic E-state index is 12.6. The highest BCUT2D eigenvalue weighted by atomic mass is 127. The molecule has 0 spiro atoms. The lowest BCUT2D eigenvalue weighted by atomic mass is 9.97. The molecule has 0 atom stereocenters. The molecule has 21 heavy (non-hydrogen) atoms. The molecule has 0 aromatic heterocycles. The lowest BCUT2D eigenvalue weighted by Gasteiger charge is -2.16. The Kier molecular flexibility index (Phi) is 3.74. The van der Waals surface area contributed by atoms with Crippen LogP contribution < -0.4 is 4.74 Å². The van der Waals surface area contributed by atoms with E-state index < -0.39 is 0 Å². The molecule has 4 heteroatoms. The minimum atomic E-state index is -0.198. The monoisotopic (exact) mass is 412 g/mol. The van der Waals surface area contributed by atoms with Crippen LogP contribution in [0.25, 0.3) is 0 Å². The number of halogens is 2. The van der Waals surface area contributed by atoms with Crippen molar-refractivity contribution in [3.05, 3.63) is 61.7 Å². The normalized spacial score (nSPS) is 15.4. The Hall–Kier alpha value is -1.07. The van der Waals surface area contributed by atoms with Crippen molar-refractivity contribution in [2.24, 2.45) is 0 Å². The third-order valence-electron chi connectivity index (χ3n) is 3.51. The number of ketones is 1.